The third kappa shape index (κ3) is 2.63. The number of hydrogen-bond donors (Lipinski definition) is 1. The number of aryl methyl sites for hydroxylation is 1. The second-order valence-corrected chi connectivity index (χ2v) is 5.94. The van der Waals surface area contributed by atoms with Gasteiger partial charge in [0, 0.05) is 12.2 Å². The molecule has 0 spiro atoms. The molecule has 2 atom stereocenters. The van der Waals surface area contributed by atoms with E-state index in [1.54, 1.807) is 0 Å². The van der Waals surface area contributed by atoms with E-state index in [9.17, 15) is 0 Å². The predicted molar refractivity (Wildman–Crippen MR) is 75.3 cm³/mol. The van der Waals surface area contributed by atoms with Crippen LogP contribution in [0.4, 0.5) is 5.69 Å². The summed E-state index contributed by atoms with van der Waals surface area (Å²) in [5, 5.41) is 3.44. The lowest BCUT2D eigenvalue weighted by Gasteiger charge is -2.19. The summed E-state index contributed by atoms with van der Waals surface area (Å²) in [5.41, 5.74) is 2.71. The highest BCUT2D eigenvalue weighted by atomic mass is 16.5. The highest BCUT2D eigenvalue weighted by Crippen LogP contribution is 2.31. The molecule has 1 aromatic carbocycles. The van der Waals surface area contributed by atoms with Gasteiger partial charge in [-0.15, -0.1) is 0 Å². The maximum atomic E-state index is 5.98. The Hall–Kier alpha value is -1.18. The van der Waals surface area contributed by atoms with Crippen molar-refractivity contribution in [2.45, 2.75) is 39.0 Å². The number of ether oxygens (including phenoxy) is 1. The summed E-state index contributed by atoms with van der Waals surface area (Å²) >= 11 is 0. The van der Waals surface area contributed by atoms with E-state index in [4.69, 9.17) is 4.74 Å². The van der Waals surface area contributed by atoms with E-state index < -0.39 is 0 Å². The molecule has 0 aromatic heterocycles. The van der Waals surface area contributed by atoms with Crippen molar-refractivity contribution in [3.05, 3.63) is 23.8 Å². The van der Waals surface area contributed by atoms with Crippen molar-refractivity contribution in [2.24, 2.45) is 11.8 Å². The van der Waals surface area contributed by atoms with Gasteiger partial charge in [-0.25, -0.2) is 0 Å². The third-order valence-electron chi connectivity index (χ3n) is 4.30. The van der Waals surface area contributed by atoms with Crippen LogP contribution in [-0.4, -0.2) is 13.2 Å². The number of fused-ring (bicyclic) bond motifs is 1. The molecule has 0 bridgehead atoms. The van der Waals surface area contributed by atoms with Crippen LogP contribution >= 0.6 is 0 Å². The summed E-state index contributed by atoms with van der Waals surface area (Å²) in [7, 11) is 0. The van der Waals surface area contributed by atoms with Crippen LogP contribution in [0.2, 0.25) is 0 Å². The lowest BCUT2D eigenvalue weighted by molar-refractivity contribution is 0.249. The maximum absolute atomic E-state index is 5.98. The van der Waals surface area contributed by atoms with E-state index in [2.05, 4.69) is 30.4 Å². The molecule has 1 N–H and O–H groups in total. The first-order valence-corrected chi connectivity index (χ1v) is 7.31. The molecule has 1 fully saturated rings. The second kappa shape index (κ2) is 5.21. The minimum Gasteiger partial charge on any atom is -0.493 e. The molecule has 2 aliphatic rings. The number of nitrogens with one attached hydrogen (secondary N) is 1. The Morgan fingerprint density at radius 2 is 2.28 bits per heavy atom. The largest absolute Gasteiger partial charge is 0.493 e. The Kier molecular flexibility index (Phi) is 3.44. The van der Waals surface area contributed by atoms with Crippen LogP contribution in [-0.2, 0) is 6.42 Å². The molecule has 1 aliphatic heterocycles. The summed E-state index contributed by atoms with van der Waals surface area (Å²) in [6.07, 6.45) is 6.47. The smallest absolute Gasteiger partial charge is 0.119 e. The summed E-state index contributed by atoms with van der Waals surface area (Å²) in [6, 6.07) is 6.50. The van der Waals surface area contributed by atoms with Gasteiger partial charge in [0.2, 0.25) is 0 Å². The van der Waals surface area contributed by atoms with Crippen LogP contribution in [0.25, 0.3) is 0 Å². The van der Waals surface area contributed by atoms with Crippen LogP contribution in [0.1, 0.15) is 38.2 Å². The van der Waals surface area contributed by atoms with Gasteiger partial charge in [-0.2, -0.15) is 0 Å². The average Bonchev–Trinajstić information content (AvgIpc) is 2.82. The molecule has 2 unspecified atom stereocenters. The summed E-state index contributed by atoms with van der Waals surface area (Å²) < 4.78 is 5.98. The van der Waals surface area contributed by atoms with Gasteiger partial charge in [-0.05, 0) is 61.3 Å². The Bertz CT molecular complexity index is 416. The first-order chi connectivity index (χ1) is 8.81. The molecular weight excluding hydrogens is 222 g/mol. The summed E-state index contributed by atoms with van der Waals surface area (Å²) in [4.78, 5) is 0. The molecule has 3 rings (SSSR count). The minimum absolute atomic E-state index is 0.772. The Balaban J connectivity index is 1.59. The molecule has 1 aromatic rings. The average molecular weight is 245 g/mol. The zero-order valence-corrected chi connectivity index (χ0v) is 11.2. The molecule has 1 aliphatic carbocycles. The van der Waals surface area contributed by atoms with E-state index >= 15 is 0 Å². The molecular formula is C16H23NO. The Morgan fingerprint density at radius 1 is 1.33 bits per heavy atom. The number of benzene rings is 1. The van der Waals surface area contributed by atoms with Crippen molar-refractivity contribution in [1.82, 2.24) is 0 Å². The SMILES string of the molecule is CC1CCC(COc2ccc3c(c2)CCCN3)C1. The molecule has 0 amide bonds. The van der Waals surface area contributed by atoms with E-state index in [0.717, 1.165) is 30.7 Å². The van der Waals surface area contributed by atoms with Crippen LogP contribution in [0.3, 0.4) is 0 Å². The Labute approximate surface area is 110 Å². The lowest BCUT2D eigenvalue weighted by Crippen LogP contribution is -2.12. The molecule has 2 nitrogen and oxygen atoms in total. The fourth-order valence-electron chi connectivity index (χ4n) is 3.23. The van der Waals surface area contributed by atoms with Gasteiger partial charge < -0.3 is 10.1 Å². The first kappa shape index (κ1) is 11.9. The van der Waals surface area contributed by atoms with Crippen LogP contribution in [0.15, 0.2) is 18.2 Å². The van der Waals surface area contributed by atoms with Crippen LogP contribution in [0.5, 0.6) is 5.75 Å². The van der Waals surface area contributed by atoms with Crippen molar-refractivity contribution in [2.75, 3.05) is 18.5 Å². The highest BCUT2D eigenvalue weighted by molar-refractivity contribution is 5.55. The zero-order valence-electron chi connectivity index (χ0n) is 11.2. The van der Waals surface area contributed by atoms with Crippen molar-refractivity contribution < 1.29 is 4.74 Å². The number of rotatable bonds is 3. The van der Waals surface area contributed by atoms with E-state index in [1.807, 2.05) is 0 Å². The fraction of sp³-hybridized carbons (Fsp3) is 0.625. The van der Waals surface area contributed by atoms with Gasteiger partial charge in [-0.3, -0.25) is 0 Å². The number of anilines is 1. The maximum Gasteiger partial charge on any atom is 0.119 e. The molecule has 0 saturated heterocycles. The van der Waals surface area contributed by atoms with Gasteiger partial charge >= 0.3 is 0 Å². The van der Waals surface area contributed by atoms with E-state index in [0.29, 0.717) is 0 Å². The van der Waals surface area contributed by atoms with Crippen LogP contribution in [0, 0.1) is 11.8 Å². The molecule has 2 heteroatoms. The van der Waals surface area contributed by atoms with Crippen LogP contribution < -0.4 is 10.1 Å². The highest BCUT2D eigenvalue weighted by Gasteiger charge is 2.21. The lowest BCUT2D eigenvalue weighted by atomic mass is 10.0. The van der Waals surface area contributed by atoms with E-state index in [-0.39, 0.29) is 0 Å². The molecule has 1 heterocycles. The molecule has 98 valence electrons. The summed E-state index contributed by atoms with van der Waals surface area (Å²) in [5.74, 6) is 2.72. The first-order valence-electron chi connectivity index (χ1n) is 7.31. The standard InChI is InChI=1S/C16H23NO/c1-12-4-5-13(9-12)11-18-15-6-7-16-14(10-15)3-2-8-17-16/h6-7,10,12-13,17H,2-5,8-9,11H2,1H3. The fourth-order valence-corrected chi connectivity index (χ4v) is 3.23. The van der Waals surface area contributed by atoms with Gasteiger partial charge in [0.15, 0.2) is 0 Å². The Morgan fingerprint density at radius 3 is 3.11 bits per heavy atom. The normalized spacial score (nSPS) is 26.5. The van der Waals surface area contributed by atoms with Gasteiger partial charge in [0.25, 0.3) is 0 Å². The van der Waals surface area contributed by atoms with Crippen molar-refractivity contribution in [3.8, 4) is 5.75 Å². The van der Waals surface area contributed by atoms with Gasteiger partial charge in [-0.1, -0.05) is 13.3 Å². The predicted octanol–water partition coefficient (Wildman–Crippen LogP) is 3.86. The monoisotopic (exact) mass is 245 g/mol. The summed E-state index contributed by atoms with van der Waals surface area (Å²) in [6.45, 7) is 4.36. The third-order valence-corrected chi connectivity index (χ3v) is 4.30. The van der Waals surface area contributed by atoms with Crippen molar-refractivity contribution in [1.29, 1.82) is 0 Å². The number of hydrogen-bond acceptors (Lipinski definition) is 2. The molecule has 0 radical (unpaired) electrons. The molecule has 18 heavy (non-hydrogen) atoms. The van der Waals surface area contributed by atoms with Gasteiger partial charge in [0.1, 0.15) is 5.75 Å². The second-order valence-electron chi connectivity index (χ2n) is 5.94. The van der Waals surface area contributed by atoms with Crippen molar-refractivity contribution >= 4 is 5.69 Å². The van der Waals surface area contributed by atoms with E-state index in [1.165, 1.54) is 43.4 Å². The minimum atomic E-state index is 0.772. The van der Waals surface area contributed by atoms with Crippen molar-refractivity contribution in [3.63, 3.8) is 0 Å². The topological polar surface area (TPSA) is 21.3 Å². The molecule has 1 saturated carbocycles. The quantitative estimate of drug-likeness (QED) is 0.873. The zero-order chi connectivity index (χ0) is 12.4. The van der Waals surface area contributed by atoms with Gasteiger partial charge in [0.05, 0.1) is 6.61 Å².